The minimum absolute atomic E-state index is 0.398. The molecule has 6 heteroatoms. The number of alkyl halides is 3. The van der Waals surface area contributed by atoms with Crippen molar-refractivity contribution in [2.24, 2.45) is 0 Å². The smallest absolute Gasteiger partial charge is 0.262 e. The van der Waals surface area contributed by atoms with Crippen LogP contribution < -0.4 is 0 Å². The first-order chi connectivity index (χ1) is 10.0. The van der Waals surface area contributed by atoms with Gasteiger partial charge in [0, 0.05) is 11.5 Å². The molecule has 0 radical (unpaired) electrons. The van der Waals surface area contributed by atoms with Crippen LogP contribution in [0.3, 0.4) is 0 Å². The molecule has 3 nitrogen and oxygen atoms in total. The Morgan fingerprint density at radius 3 is 2.29 bits per heavy atom. The van der Waals surface area contributed by atoms with Crippen molar-refractivity contribution in [1.82, 2.24) is 15.2 Å². The van der Waals surface area contributed by atoms with Crippen LogP contribution in [-0.2, 0) is 6.18 Å². The van der Waals surface area contributed by atoms with E-state index in [0.717, 1.165) is 30.8 Å². The maximum atomic E-state index is 12.5. The molecule has 112 valence electrons. The number of H-pyrrole nitrogens is 1. The summed E-state index contributed by atoms with van der Waals surface area (Å²) in [6, 6.07) is 4.95. The number of halogens is 3. The largest absolute Gasteiger partial charge is 0.416 e. The van der Waals surface area contributed by atoms with Gasteiger partial charge in [-0.15, -0.1) is 0 Å². The number of rotatable bonds is 2. The maximum Gasteiger partial charge on any atom is 0.416 e. The molecule has 21 heavy (non-hydrogen) atoms. The van der Waals surface area contributed by atoms with E-state index in [1.807, 2.05) is 0 Å². The average Bonchev–Trinajstić information content (AvgIpc) is 2.97. The van der Waals surface area contributed by atoms with Crippen LogP contribution in [0.4, 0.5) is 13.2 Å². The van der Waals surface area contributed by atoms with Crippen LogP contribution in [0.15, 0.2) is 24.3 Å². The van der Waals surface area contributed by atoms with Gasteiger partial charge in [0.05, 0.1) is 5.56 Å². The minimum Gasteiger partial charge on any atom is -0.262 e. The van der Waals surface area contributed by atoms with Gasteiger partial charge in [0.15, 0.2) is 5.82 Å². The third-order valence-corrected chi connectivity index (χ3v) is 3.97. The second-order valence-electron chi connectivity index (χ2n) is 5.45. The van der Waals surface area contributed by atoms with E-state index in [2.05, 4.69) is 15.2 Å². The molecule has 0 amide bonds. The highest BCUT2D eigenvalue weighted by molar-refractivity contribution is 5.55. The third kappa shape index (κ3) is 3.09. The quantitative estimate of drug-likeness (QED) is 0.883. The second-order valence-corrected chi connectivity index (χ2v) is 5.45. The van der Waals surface area contributed by atoms with E-state index in [-0.39, 0.29) is 0 Å². The fraction of sp³-hybridized carbons (Fsp3) is 0.467. The molecule has 1 fully saturated rings. The molecule has 1 N–H and O–H groups in total. The summed E-state index contributed by atoms with van der Waals surface area (Å²) >= 11 is 0. The zero-order valence-corrected chi connectivity index (χ0v) is 11.5. The van der Waals surface area contributed by atoms with Gasteiger partial charge in [-0.3, -0.25) is 5.10 Å². The SMILES string of the molecule is FC(F)(F)c1ccc(-c2n[nH]c(C3CCCCC3)n2)cc1. The standard InChI is InChI=1S/C15H16F3N3/c16-15(17,18)12-8-6-11(7-9-12)14-19-13(20-21-14)10-4-2-1-3-5-10/h6-10H,1-5H2,(H,19,20,21). The Hall–Kier alpha value is -1.85. The zero-order valence-electron chi connectivity index (χ0n) is 11.5. The van der Waals surface area contributed by atoms with Gasteiger partial charge in [-0.05, 0) is 25.0 Å². The van der Waals surface area contributed by atoms with E-state index in [1.54, 1.807) is 0 Å². The van der Waals surface area contributed by atoms with Crippen LogP contribution >= 0.6 is 0 Å². The van der Waals surface area contributed by atoms with Crippen molar-refractivity contribution >= 4 is 0 Å². The molecule has 1 aliphatic rings. The highest BCUT2D eigenvalue weighted by Crippen LogP contribution is 2.32. The van der Waals surface area contributed by atoms with Crippen LogP contribution in [-0.4, -0.2) is 15.2 Å². The van der Waals surface area contributed by atoms with Crippen LogP contribution in [0.2, 0.25) is 0 Å². The Morgan fingerprint density at radius 1 is 1.00 bits per heavy atom. The molecule has 0 aliphatic heterocycles. The lowest BCUT2D eigenvalue weighted by atomic mass is 9.89. The van der Waals surface area contributed by atoms with Crippen LogP contribution in [0.25, 0.3) is 11.4 Å². The molecule has 0 unspecified atom stereocenters. The van der Waals surface area contributed by atoms with Crippen LogP contribution in [0, 0.1) is 0 Å². The van der Waals surface area contributed by atoms with E-state index >= 15 is 0 Å². The van der Waals surface area contributed by atoms with E-state index in [9.17, 15) is 13.2 Å². The minimum atomic E-state index is -4.31. The lowest BCUT2D eigenvalue weighted by molar-refractivity contribution is -0.137. The van der Waals surface area contributed by atoms with E-state index in [4.69, 9.17) is 0 Å². The van der Waals surface area contributed by atoms with Crippen molar-refractivity contribution in [2.45, 2.75) is 44.2 Å². The monoisotopic (exact) mass is 295 g/mol. The predicted octanol–water partition coefficient (Wildman–Crippen LogP) is 4.54. The Bertz CT molecular complexity index is 595. The van der Waals surface area contributed by atoms with Gasteiger partial charge in [-0.25, -0.2) is 4.98 Å². The first-order valence-electron chi connectivity index (χ1n) is 7.14. The molecule has 0 atom stereocenters. The molecule has 0 bridgehead atoms. The van der Waals surface area contributed by atoms with Crippen LogP contribution in [0.5, 0.6) is 0 Å². The summed E-state index contributed by atoms with van der Waals surface area (Å²) < 4.78 is 37.6. The fourth-order valence-corrected chi connectivity index (χ4v) is 2.77. The van der Waals surface area contributed by atoms with E-state index < -0.39 is 11.7 Å². The molecule has 1 heterocycles. The maximum absolute atomic E-state index is 12.5. The average molecular weight is 295 g/mol. The molecule has 1 saturated carbocycles. The number of hydrogen-bond donors (Lipinski definition) is 1. The van der Waals surface area contributed by atoms with E-state index in [1.165, 1.54) is 31.4 Å². The summed E-state index contributed by atoms with van der Waals surface area (Å²) in [6.07, 6.45) is 1.53. The zero-order chi connectivity index (χ0) is 14.9. The molecular formula is C15H16F3N3. The summed E-state index contributed by atoms with van der Waals surface area (Å²) in [5, 5.41) is 7.07. The van der Waals surface area contributed by atoms with Crippen molar-refractivity contribution in [3.63, 3.8) is 0 Å². The molecule has 1 aromatic carbocycles. The van der Waals surface area contributed by atoms with Gasteiger partial charge >= 0.3 is 6.18 Å². The molecule has 0 spiro atoms. The number of aromatic nitrogens is 3. The molecule has 3 rings (SSSR count). The highest BCUT2D eigenvalue weighted by atomic mass is 19.4. The topological polar surface area (TPSA) is 41.6 Å². The lowest BCUT2D eigenvalue weighted by Crippen LogP contribution is -2.06. The Labute approximate surface area is 120 Å². The summed E-state index contributed by atoms with van der Waals surface area (Å²) in [5.41, 5.74) is -0.0596. The van der Waals surface area contributed by atoms with Gasteiger partial charge in [0.2, 0.25) is 0 Å². The van der Waals surface area contributed by atoms with Crippen LogP contribution in [0.1, 0.15) is 49.4 Å². The van der Waals surface area contributed by atoms with Crippen molar-refractivity contribution < 1.29 is 13.2 Å². The van der Waals surface area contributed by atoms with Crippen molar-refractivity contribution in [3.8, 4) is 11.4 Å². The fourth-order valence-electron chi connectivity index (χ4n) is 2.77. The Kier molecular flexibility index (Phi) is 3.69. The van der Waals surface area contributed by atoms with Crippen molar-refractivity contribution in [2.75, 3.05) is 0 Å². The molecule has 1 aliphatic carbocycles. The number of benzene rings is 1. The first kappa shape index (κ1) is 14.1. The van der Waals surface area contributed by atoms with Gasteiger partial charge in [0.1, 0.15) is 5.82 Å². The molecular weight excluding hydrogens is 279 g/mol. The second kappa shape index (κ2) is 5.50. The van der Waals surface area contributed by atoms with Gasteiger partial charge in [-0.2, -0.15) is 18.3 Å². The summed E-state index contributed by atoms with van der Waals surface area (Å²) in [6.45, 7) is 0. The van der Waals surface area contributed by atoms with Gasteiger partial charge < -0.3 is 0 Å². The van der Waals surface area contributed by atoms with E-state index in [0.29, 0.717) is 17.3 Å². The van der Waals surface area contributed by atoms with Gasteiger partial charge in [-0.1, -0.05) is 31.4 Å². The number of nitrogens with one attached hydrogen (secondary N) is 1. The summed E-state index contributed by atoms with van der Waals surface area (Å²) in [7, 11) is 0. The third-order valence-electron chi connectivity index (χ3n) is 3.97. The van der Waals surface area contributed by atoms with Gasteiger partial charge in [0.25, 0.3) is 0 Å². The van der Waals surface area contributed by atoms with Crippen molar-refractivity contribution in [3.05, 3.63) is 35.7 Å². The first-order valence-corrected chi connectivity index (χ1v) is 7.14. The summed E-state index contributed by atoms with van der Waals surface area (Å²) in [4.78, 5) is 4.45. The highest BCUT2D eigenvalue weighted by Gasteiger charge is 2.30. The Morgan fingerprint density at radius 2 is 1.67 bits per heavy atom. The number of nitrogens with zero attached hydrogens (tertiary/aromatic N) is 2. The lowest BCUT2D eigenvalue weighted by Gasteiger charge is -2.18. The number of aromatic amines is 1. The normalized spacial score (nSPS) is 17.1. The number of hydrogen-bond acceptors (Lipinski definition) is 2. The summed E-state index contributed by atoms with van der Waals surface area (Å²) in [5.74, 6) is 1.71. The molecule has 2 aromatic rings. The Balaban J connectivity index is 1.79. The predicted molar refractivity (Wildman–Crippen MR) is 72.6 cm³/mol. The molecule has 1 aromatic heterocycles. The molecule has 0 saturated heterocycles. The van der Waals surface area contributed by atoms with Crippen molar-refractivity contribution in [1.29, 1.82) is 0 Å².